The average molecular weight is 263 g/mol. The summed E-state index contributed by atoms with van der Waals surface area (Å²) >= 11 is 0. The maximum Gasteiger partial charge on any atom is 0.412 e. The van der Waals surface area contributed by atoms with Gasteiger partial charge in [-0.15, -0.1) is 0 Å². The molecule has 5 nitrogen and oxygen atoms in total. The van der Waals surface area contributed by atoms with Crippen LogP contribution in [-0.4, -0.2) is 29.8 Å². The third-order valence-corrected chi connectivity index (χ3v) is 2.92. The molecule has 2 heterocycles. The molecule has 5 heteroatoms. The molecule has 1 amide bonds. The van der Waals surface area contributed by atoms with Crippen molar-refractivity contribution in [1.82, 2.24) is 10.3 Å². The quantitative estimate of drug-likeness (QED) is 0.860. The van der Waals surface area contributed by atoms with Crippen LogP contribution in [0.25, 0.3) is 0 Å². The van der Waals surface area contributed by atoms with Crippen LogP contribution in [0.3, 0.4) is 0 Å². The summed E-state index contributed by atoms with van der Waals surface area (Å²) in [6, 6.07) is 3.68. The fraction of sp³-hybridized carbons (Fsp3) is 0.571. The average Bonchev–Trinajstić information content (AvgIpc) is 2.80. The van der Waals surface area contributed by atoms with Crippen LogP contribution in [0, 0.1) is 0 Å². The maximum absolute atomic E-state index is 11.8. The molecule has 1 aliphatic rings. The van der Waals surface area contributed by atoms with Crippen LogP contribution in [-0.2, 0) is 4.74 Å². The van der Waals surface area contributed by atoms with Crippen molar-refractivity contribution in [3.05, 3.63) is 24.0 Å². The van der Waals surface area contributed by atoms with Crippen molar-refractivity contribution in [3.8, 4) is 0 Å². The summed E-state index contributed by atoms with van der Waals surface area (Å²) in [5.74, 6) is 0.353. The summed E-state index contributed by atoms with van der Waals surface area (Å²) in [6.07, 6.45) is 2.36. The van der Waals surface area contributed by atoms with E-state index in [4.69, 9.17) is 4.74 Å². The number of anilines is 1. The number of carbonyl (C=O) groups excluding carboxylic acids is 1. The molecule has 0 saturated carbocycles. The standard InChI is InChI=1S/C14H21N3O2/c1-14(2,3)19-13(18)17-11-5-4-7-16-12(11)10-6-8-15-9-10/h4-5,7,10,15H,6,8-9H2,1-3H3,(H,17,18). The first-order valence-electron chi connectivity index (χ1n) is 6.61. The first-order valence-corrected chi connectivity index (χ1v) is 6.61. The van der Waals surface area contributed by atoms with Crippen LogP contribution in [0.2, 0.25) is 0 Å². The summed E-state index contributed by atoms with van der Waals surface area (Å²) in [5.41, 5.74) is 1.17. The fourth-order valence-electron chi connectivity index (χ4n) is 2.15. The predicted octanol–water partition coefficient (Wildman–Crippen LogP) is 2.51. The lowest BCUT2D eigenvalue weighted by Gasteiger charge is -2.21. The Labute approximate surface area is 113 Å². The van der Waals surface area contributed by atoms with E-state index in [1.165, 1.54) is 0 Å². The number of nitrogens with one attached hydrogen (secondary N) is 2. The van der Waals surface area contributed by atoms with Gasteiger partial charge < -0.3 is 10.1 Å². The van der Waals surface area contributed by atoms with Crippen LogP contribution in [0.4, 0.5) is 10.5 Å². The minimum absolute atomic E-state index is 0.353. The number of pyridine rings is 1. The van der Waals surface area contributed by atoms with Crippen LogP contribution in [0.15, 0.2) is 18.3 Å². The zero-order valence-corrected chi connectivity index (χ0v) is 11.7. The lowest BCUT2D eigenvalue weighted by atomic mass is 10.0. The second kappa shape index (κ2) is 5.57. The Morgan fingerprint density at radius 3 is 2.95 bits per heavy atom. The van der Waals surface area contributed by atoms with Gasteiger partial charge in [0.25, 0.3) is 0 Å². The van der Waals surface area contributed by atoms with E-state index in [2.05, 4.69) is 15.6 Å². The first kappa shape index (κ1) is 13.8. The zero-order chi connectivity index (χ0) is 13.9. The molecule has 0 spiro atoms. The van der Waals surface area contributed by atoms with E-state index in [0.717, 1.165) is 30.9 Å². The van der Waals surface area contributed by atoms with Crippen molar-refractivity contribution in [2.75, 3.05) is 18.4 Å². The van der Waals surface area contributed by atoms with E-state index in [1.54, 1.807) is 6.20 Å². The fourth-order valence-corrected chi connectivity index (χ4v) is 2.15. The molecule has 0 bridgehead atoms. The van der Waals surface area contributed by atoms with E-state index in [-0.39, 0.29) is 0 Å². The minimum Gasteiger partial charge on any atom is -0.444 e. The second-order valence-corrected chi connectivity index (χ2v) is 5.75. The van der Waals surface area contributed by atoms with Crippen LogP contribution >= 0.6 is 0 Å². The Bertz CT molecular complexity index is 448. The van der Waals surface area contributed by atoms with Gasteiger partial charge in [-0.25, -0.2) is 4.79 Å². The number of carbonyl (C=O) groups is 1. The van der Waals surface area contributed by atoms with Gasteiger partial charge in [0.2, 0.25) is 0 Å². The highest BCUT2D eigenvalue weighted by Crippen LogP contribution is 2.27. The number of hydrogen-bond acceptors (Lipinski definition) is 4. The number of hydrogen-bond donors (Lipinski definition) is 2. The Hall–Kier alpha value is -1.62. The van der Waals surface area contributed by atoms with E-state index in [0.29, 0.717) is 5.92 Å². The molecule has 2 rings (SSSR count). The minimum atomic E-state index is -0.499. The maximum atomic E-state index is 11.8. The van der Waals surface area contributed by atoms with Gasteiger partial charge in [-0.2, -0.15) is 0 Å². The molecule has 19 heavy (non-hydrogen) atoms. The number of amides is 1. The van der Waals surface area contributed by atoms with Crippen LogP contribution < -0.4 is 10.6 Å². The third-order valence-electron chi connectivity index (χ3n) is 2.92. The number of rotatable bonds is 2. The molecular formula is C14H21N3O2. The van der Waals surface area contributed by atoms with Crippen molar-refractivity contribution in [3.63, 3.8) is 0 Å². The van der Waals surface area contributed by atoms with Crippen molar-refractivity contribution in [1.29, 1.82) is 0 Å². The number of ether oxygens (including phenoxy) is 1. The monoisotopic (exact) mass is 263 g/mol. The topological polar surface area (TPSA) is 63.2 Å². The molecule has 1 unspecified atom stereocenters. The molecule has 2 N–H and O–H groups in total. The largest absolute Gasteiger partial charge is 0.444 e. The lowest BCUT2D eigenvalue weighted by Crippen LogP contribution is -2.27. The Morgan fingerprint density at radius 1 is 1.53 bits per heavy atom. The summed E-state index contributed by atoms with van der Waals surface area (Å²) in [4.78, 5) is 16.2. The van der Waals surface area contributed by atoms with Gasteiger partial charge in [-0.05, 0) is 45.9 Å². The van der Waals surface area contributed by atoms with Crippen LogP contribution in [0.5, 0.6) is 0 Å². The highest BCUT2D eigenvalue weighted by Gasteiger charge is 2.23. The molecular weight excluding hydrogens is 242 g/mol. The van der Waals surface area contributed by atoms with E-state index >= 15 is 0 Å². The summed E-state index contributed by atoms with van der Waals surface area (Å²) in [6.45, 7) is 7.43. The van der Waals surface area contributed by atoms with Gasteiger partial charge in [0.05, 0.1) is 11.4 Å². The van der Waals surface area contributed by atoms with E-state index in [1.807, 2.05) is 32.9 Å². The molecule has 1 aromatic heterocycles. The van der Waals surface area contributed by atoms with Crippen LogP contribution in [0.1, 0.15) is 38.8 Å². The van der Waals surface area contributed by atoms with E-state index in [9.17, 15) is 4.79 Å². The molecule has 0 radical (unpaired) electrons. The molecule has 1 saturated heterocycles. The van der Waals surface area contributed by atoms with Gasteiger partial charge in [-0.1, -0.05) is 0 Å². The highest BCUT2D eigenvalue weighted by atomic mass is 16.6. The SMILES string of the molecule is CC(C)(C)OC(=O)Nc1cccnc1C1CCNC1. The zero-order valence-electron chi connectivity index (χ0n) is 11.7. The number of aromatic nitrogens is 1. The summed E-state index contributed by atoms with van der Waals surface area (Å²) in [5, 5.41) is 6.10. The molecule has 1 aromatic rings. The van der Waals surface area contributed by atoms with Gasteiger partial charge in [0.1, 0.15) is 5.60 Å². The summed E-state index contributed by atoms with van der Waals surface area (Å²) < 4.78 is 5.27. The molecule has 1 fully saturated rings. The molecule has 0 aromatic carbocycles. The normalized spacial score (nSPS) is 19.2. The highest BCUT2D eigenvalue weighted by molar-refractivity contribution is 5.85. The van der Waals surface area contributed by atoms with Crippen molar-refractivity contribution in [2.45, 2.75) is 38.7 Å². The Kier molecular flexibility index (Phi) is 4.04. The smallest absolute Gasteiger partial charge is 0.412 e. The Balaban J connectivity index is 2.09. The Morgan fingerprint density at radius 2 is 2.32 bits per heavy atom. The van der Waals surface area contributed by atoms with Gasteiger partial charge >= 0.3 is 6.09 Å². The van der Waals surface area contributed by atoms with E-state index < -0.39 is 11.7 Å². The molecule has 1 aliphatic heterocycles. The summed E-state index contributed by atoms with van der Waals surface area (Å²) in [7, 11) is 0. The van der Waals surface area contributed by atoms with Crippen molar-refractivity contribution in [2.24, 2.45) is 0 Å². The lowest BCUT2D eigenvalue weighted by molar-refractivity contribution is 0.0635. The second-order valence-electron chi connectivity index (χ2n) is 5.75. The van der Waals surface area contributed by atoms with Gasteiger partial charge in [-0.3, -0.25) is 10.3 Å². The first-order chi connectivity index (χ1) is 8.96. The number of nitrogens with zero attached hydrogens (tertiary/aromatic N) is 1. The van der Waals surface area contributed by atoms with Gasteiger partial charge in [0, 0.05) is 18.7 Å². The molecule has 104 valence electrons. The van der Waals surface area contributed by atoms with Gasteiger partial charge in [0.15, 0.2) is 0 Å². The predicted molar refractivity (Wildman–Crippen MR) is 74.3 cm³/mol. The van der Waals surface area contributed by atoms with Crippen molar-refractivity contribution < 1.29 is 9.53 Å². The van der Waals surface area contributed by atoms with Crippen molar-refractivity contribution >= 4 is 11.8 Å². The molecule has 0 aliphatic carbocycles. The molecule has 1 atom stereocenters. The third kappa shape index (κ3) is 3.92.